The van der Waals surface area contributed by atoms with Gasteiger partial charge in [0.05, 0.1) is 5.56 Å². The van der Waals surface area contributed by atoms with Crippen molar-refractivity contribution in [3.63, 3.8) is 0 Å². The number of rotatable bonds is 3. The van der Waals surface area contributed by atoms with Crippen LogP contribution in [-0.2, 0) is 6.42 Å². The maximum Gasteiger partial charge on any atom is 0.195 e. The van der Waals surface area contributed by atoms with E-state index in [2.05, 4.69) is 28.7 Å². The number of nitrogens with zero attached hydrogens (tertiary/aromatic N) is 2. The van der Waals surface area contributed by atoms with Gasteiger partial charge < -0.3 is 0 Å². The van der Waals surface area contributed by atoms with Crippen LogP contribution >= 0.6 is 0 Å². The lowest BCUT2D eigenvalue weighted by Gasteiger charge is -2.04. The smallest absolute Gasteiger partial charge is 0.195 e. The second-order valence-electron chi connectivity index (χ2n) is 7.03. The highest BCUT2D eigenvalue weighted by Gasteiger charge is 2.13. The summed E-state index contributed by atoms with van der Waals surface area (Å²) in [5.41, 5.74) is 2.12. The third kappa shape index (κ3) is 4.26. The van der Waals surface area contributed by atoms with Gasteiger partial charge in [-0.05, 0) is 53.8 Å². The maximum absolute atomic E-state index is 14.5. The largest absolute Gasteiger partial charge is 0.236 e. The van der Waals surface area contributed by atoms with E-state index in [1.807, 2.05) is 0 Å². The molecule has 1 aromatic heterocycles. The third-order valence-electron chi connectivity index (χ3n) is 4.79. The molecule has 0 N–H and O–H groups in total. The molecule has 0 amide bonds. The van der Waals surface area contributed by atoms with Crippen LogP contribution in [0.15, 0.2) is 54.9 Å². The molecule has 0 radical (unpaired) electrons. The summed E-state index contributed by atoms with van der Waals surface area (Å²) in [4.78, 5) is 8.56. The van der Waals surface area contributed by atoms with E-state index in [-0.39, 0.29) is 16.3 Å². The first-order valence-corrected chi connectivity index (χ1v) is 9.66. The first-order valence-electron chi connectivity index (χ1n) is 9.66. The second-order valence-corrected chi connectivity index (χ2v) is 7.03. The molecule has 4 aromatic rings. The van der Waals surface area contributed by atoms with Crippen LogP contribution < -0.4 is 0 Å². The van der Waals surface area contributed by atoms with E-state index in [9.17, 15) is 17.6 Å². The molecule has 1 heterocycles. The molecule has 154 valence electrons. The summed E-state index contributed by atoms with van der Waals surface area (Å²) in [5, 5.41) is 0.118. The Kier molecular flexibility index (Phi) is 5.68. The first kappa shape index (κ1) is 20.5. The van der Waals surface area contributed by atoms with E-state index in [4.69, 9.17) is 0 Å². The summed E-state index contributed by atoms with van der Waals surface area (Å²) in [6.45, 7) is 2.07. The second kappa shape index (κ2) is 8.57. The fraction of sp³-hybridized carbons (Fsp3) is 0.120. The lowest BCUT2D eigenvalue weighted by molar-refractivity contribution is 0.453. The molecule has 0 aliphatic rings. The van der Waals surface area contributed by atoms with Crippen molar-refractivity contribution < 1.29 is 17.6 Å². The van der Waals surface area contributed by atoms with E-state index in [1.165, 1.54) is 30.3 Å². The van der Waals surface area contributed by atoms with Crippen LogP contribution in [0.4, 0.5) is 17.6 Å². The van der Waals surface area contributed by atoms with Gasteiger partial charge in [0.15, 0.2) is 23.3 Å². The Labute approximate surface area is 176 Å². The third-order valence-corrected chi connectivity index (χ3v) is 4.79. The Morgan fingerprint density at radius 3 is 2.29 bits per heavy atom. The van der Waals surface area contributed by atoms with Gasteiger partial charge in [0.1, 0.15) is 5.82 Å². The fourth-order valence-electron chi connectivity index (χ4n) is 3.20. The van der Waals surface area contributed by atoms with Gasteiger partial charge in [-0.3, -0.25) is 0 Å². The zero-order valence-corrected chi connectivity index (χ0v) is 16.5. The number of aromatic nitrogens is 2. The number of benzene rings is 3. The molecular formula is C25H16F4N2. The average molecular weight is 420 g/mol. The summed E-state index contributed by atoms with van der Waals surface area (Å²) in [7, 11) is 0. The lowest BCUT2D eigenvalue weighted by atomic mass is 10.1. The topological polar surface area (TPSA) is 25.8 Å². The molecule has 3 aromatic carbocycles. The van der Waals surface area contributed by atoms with Crippen molar-refractivity contribution in [1.82, 2.24) is 9.97 Å². The Morgan fingerprint density at radius 1 is 0.806 bits per heavy atom. The van der Waals surface area contributed by atoms with Crippen molar-refractivity contribution in [1.29, 1.82) is 0 Å². The quantitative estimate of drug-likeness (QED) is 0.224. The molecule has 0 unspecified atom stereocenters. The minimum absolute atomic E-state index is 0.0510. The summed E-state index contributed by atoms with van der Waals surface area (Å²) in [6.07, 6.45) is 5.33. The summed E-state index contributed by atoms with van der Waals surface area (Å²) in [5.74, 6) is 1.32. The van der Waals surface area contributed by atoms with E-state index in [0.717, 1.165) is 24.5 Å². The lowest BCUT2D eigenvalue weighted by Crippen LogP contribution is -1.94. The minimum Gasteiger partial charge on any atom is -0.236 e. The molecule has 4 rings (SSSR count). The monoisotopic (exact) mass is 420 g/mol. The Balaban J connectivity index is 1.61. The van der Waals surface area contributed by atoms with Gasteiger partial charge in [-0.15, -0.1) is 0 Å². The molecule has 0 saturated heterocycles. The van der Waals surface area contributed by atoms with Crippen molar-refractivity contribution in [2.75, 3.05) is 0 Å². The maximum atomic E-state index is 14.5. The van der Waals surface area contributed by atoms with Gasteiger partial charge in [0.2, 0.25) is 0 Å². The summed E-state index contributed by atoms with van der Waals surface area (Å²) < 4.78 is 55.2. The Bertz CT molecular complexity index is 1340. The number of halogens is 4. The zero-order chi connectivity index (χ0) is 22.0. The molecule has 2 nitrogen and oxygen atoms in total. The van der Waals surface area contributed by atoms with Gasteiger partial charge in [0, 0.05) is 28.9 Å². The molecule has 0 saturated carbocycles. The number of hydrogen-bond donors (Lipinski definition) is 0. The highest BCUT2D eigenvalue weighted by Crippen LogP contribution is 2.24. The first-order chi connectivity index (χ1) is 15.0. The van der Waals surface area contributed by atoms with Crippen molar-refractivity contribution in [3.05, 3.63) is 94.8 Å². The molecule has 0 bridgehead atoms. The van der Waals surface area contributed by atoms with Gasteiger partial charge >= 0.3 is 0 Å². The number of fused-ring (bicyclic) bond motifs is 1. The average Bonchev–Trinajstić information content (AvgIpc) is 2.77. The van der Waals surface area contributed by atoms with Crippen LogP contribution in [0, 0.1) is 35.1 Å². The molecule has 0 aliphatic carbocycles. The van der Waals surface area contributed by atoms with Crippen LogP contribution in [0.25, 0.3) is 22.2 Å². The van der Waals surface area contributed by atoms with Crippen LogP contribution in [-0.4, -0.2) is 9.97 Å². The van der Waals surface area contributed by atoms with Crippen LogP contribution in [0.2, 0.25) is 0 Å². The number of hydrogen-bond acceptors (Lipinski definition) is 2. The van der Waals surface area contributed by atoms with Gasteiger partial charge in [0.25, 0.3) is 0 Å². The SMILES string of the molecule is CCCc1cnc(-c2ccc(C#Cc3ccc4c(F)c(F)c(F)cc4c3)c(F)c2)nc1. The van der Waals surface area contributed by atoms with Crippen molar-refractivity contribution in [3.8, 4) is 23.2 Å². The molecule has 0 atom stereocenters. The van der Waals surface area contributed by atoms with E-state index in [1.54, 1.807) is 18.5 Å². The summed E-state index contributed by atoms with van der Waals surface area (Å²) >= 11 is 0. The highest BCUT2D eigenvalue weighted by atomic mass is 19.2. The van der Waals surface area contributed by atoms with Crippen molar-refractivity contribution >= 4 is 10.8 Å². The van der Waals surface area contributed by atoms with E-state index < -0.39 is 23.3 Å². The number of aryl methyl sites for hydroxylation is 1. The predicted molar refractivity (Wildman–Crippen MR) is 111 cm³/mol. The normalized spacial score (nSPS) is 10.7. The van der Waals surface area contributed by atoms with Crippen molar-refractivity contribution in [2.24, 2.45) is 0 Å². The van der Waals surface area contributed by atoms with Crippen LogP contribution in [0.1, 0.15) is 30.0 Å². The molecule has 0 spiro atoms. The standard InChI is InChI=1S/C25H16F4N2/c1-2-3-16-13-30-25(31-14-16)18-8-7-17(21(26)11-18)6-4-15-5-9-20-19(10-15)12-22(27)24(29)23(20)28/h5,7-14H,2-3H2,1H3. The highest BCUT2D eigenvalue weighted by molar-refractivity contribution is 5.84. The Morgan fingerprint density at radius 2 is 1.58 bits per heavy atom. The van der Waals surface area contributed by atoms with E-state index in [0.29, 0.717) is 17.0 Å². The predicted octanol–water partition coefficient (Wildman–Crippen LogP) is 6.21. The van der Waals surface area contributed by atoms with E-state index >= 15 is 0 Å². The molecule has 0 aliphatic heterocycles. The zero-order valence-electron chi connectivity index (χ0n) is 16.5. The fourth-order valence-corrected chi connectivity index (χ4v) is 3.20. The van der Waals surface area contributed by atoms with Crippen molar-refractivity contribution in [2.45, 2.75) is 19.8 Å². The summed E-state index contributed by atoms with van der Waals surface area (Å²) in [6, 6.07) is 9.62. The van der Waals surface area contributed by atoms with Gasteiger partial charge in [-0.2, -0.15) is 0 Å². The molecular weight excluding hydrogens is 404 g/mol. The van der Waals surface area contributed by atoms with Gasteiger partial charge in [-0.1, -0.05) is 31.3 Å². The molecule has 6 heteroatoms. The van der Waals surface area contributed by atoms with Gasteiger partial charge in [-0.25, -0.2) is 27.5 Å². The molecule has 0 fully saturated rings. The Hall–Kier alpha value is -3.72. The van der Waals surface area contributed by atoms with Crippen LogP contribution in [0.3, 0.4) is 0 Å². The minimum atomic E-state index is -1.52. The van der Waals surface area contributed by atoms with Crippen LogP contribution in [0.5, 0.6) is 0 Å². The molecule has 31 heavy (non-hydrogen) atoms.